The monoisotopic (exact) mass is 276 g/mol. The normalized spacial score (nSPS) is 14.3. The molecule has 2 heterocycles. The van der Waals surface area contributed by atoms with E-state index in [0.717, 1.165) is 17.2 Å². The Balaban J connectivity index is 1.90. The molecule has 98 valence electrons. The van der Waals surface area contributed by atoms with E-state index < -0.39 is 0 Å². The number of rotatable bonds is 2. The number of amides is 1. The lowest BCUT2D eigenvalue weighted by Crippen LogP contribution is -2.39. The van der Waals surface area contributed by atoms with E-state index in [1.54, 1.807) is 4.90 Å². The van der Waals surface area contributed by atoms with E-state index in [9.17, 15) is 4.79 Å². The molecule has 0 unspecified atom stereocenters. The van der Waals surface area contributed by atoms with Gasteiger partial charge in [-0.1, -0.05) is 30.3 Å². The first-order valence-electron chi connectivity index (χ1n) is 6.11. The van der Waals surface area contributed by atoms with Crippen molar-refractivity contribution in [3.63, 3.8) is 0 Å². The number of nitrogens with zero attached hydrogens (tertiary/aromatic N) is 4. The average molecular weight is 277 g/mol. The van der Waals surface area contributed by atoms with Crippen molar-refractivity contribution in [1.29, 1.82) is 0 Å². The van der Waals surface area contributed by atoms with Gasteiger partial charge in [-0.05, 0) is 0 Å². The standard InChI is InChI=1S/C13H13ClN4O/c14-8-12(19)17-6-7-18-11(9-17)15-16-13(18)10-4-2-1-3-5-10/h1-5H,6-9H2. The highest BCUT2D eigenvalue weighted by Gasteiger charge is 2.24. The molecule has 3 rings (SSSR count). The maximum Gasteiger partial charge on any atom is 0.237 e. The lowest BCUT2D eigenvalue weighted by atomic mass is 10.2. The van der Waals surface area contributed by atoms with Crippen molar-refractivity contribution in [2.45, 2.75) is 13.1 Å². The van der Waals surface area contributed by atoms with E-state index in [-0.39, 0.29) is 11.8 Å². The second-order valence-electron chi connectivity index (χ2n) is 4.41. The number of halogens is 1. The van der Waals surface area contributed by atoms with E-state index in [4.69, 9.17) is 11.6 Å². The summed E-state index contributed by atoms with van der Waals surface area (Å²) in [6.45, 7) is 1.83. The fourth-order valence-corrected chi connectivity index (χ4v) is 2.42. The number of carbonyl (C=O) groups is 1. The van der Waals surface area contributed by atoms with E-state index >= 15 is 0 Å². The highest BCUT2D eigenvalue weighted by molar-refractivity contribution is 6.27. The summed E-state index contributed by atoms with van der Waals surface area (Å²) in [7, 11) is 0. The first-order chi connectivity index (χ1) is 9.29. The number of hydrogen-bond donors (Lipinski definition) is 0. The van der Waals surface area contributed by atoms with Gasteiger partial charge in [0.25, 0.3) is 0 Å². The Kier molecular flexibility index (Phi) is 3.21. The molecule has 6 heteroatoms. The Morgan fingerprint density at radius 3 is 2.74 bits per heavy atom. The van der Waals surface area contributed by atoms with Crippen molar-refractivity contribution in [2.24, 2.45) is 0 Å². The van der Waals surface area contributed by atoms with Gasteiger partial charge in [0.1, 0.15) is 5.88 Å². The molecule has 0 N–H and O–H groups in total. The molecule has 1 aromatic heterocycles. The lowest BCUT2D eigenvalue weighted by Gasteiger charge is -2.27. The van der Waals surface area contributed by atoms with Crippen LogP contribution >= 0.6 is 11.6 Å². The zero-order chi connectivity index (χ0) is 13.2. The molecule has 0 aliphatic carbocycles. The Morgan fingerprint density at radius 2 is 2.00 bits per heavy atom. The first-order valence-corrected chi connectivity index (χ1v) is 6.64. The van der Waals surface area contributed by atoms with Crippen LogP contribution in [0.4, 0.5) is 0 Å². The van der Waals surface area contributed by atoms with Crippen LogP contribution in [0.1, 0.15) is 5.82 Å². The Hall–Kier alpha value is -1.88. The SMILES string of the molecule is O=C(CCl)N1CCn2c(nnc2-c2ccccc2)C1. The first kappa shape index (κ1) is 12.2. The van der Waals surface area contributed by atoms with Crippen LogP contribution in [0.15, 0.2) is 30.3 Å². The van der Waals surface area contributed by atoms with E-state index in [1.165, 1.54) is 0 Å². The molecule has 0 saturated heterocycles. The summed E-state index contributed by atoms with van der Waals surface area (Å²) in [6.07, 6.45) is 0. The molecule has 2 aromatic rings. The number of aromatic nitrogens is 3. The summed E-state index contributed by atoms with van der Waals surface area (Å²) in [6, 6.07) is 9.94. The molecule has 1 aliphatic rings. The Morgan fingerprint density at radius 1 is 1.21 bits per heavy atom. The lowest BCUT2D eigenvalue weighted by molar-refractivity contribution is -0.129. The van der Waals surface area contributed by atoms with Gasteiger partial charge in [0.2, 0.25) is 5.91 Å². The minimum absolute atomic E-state index is 0.0136. The van der Waals surface area contributed by atoms with Crippen molar-refractivity contribution in [3.8, 4) is 11.4 Å². The molecule has 0 atom stereocenters. The predicted molar refractivity (Wildman–Crippen MR) is 71.6 cm³/mol. The number of carbonyl (C=O) groups excluding carboxylic acids is 1. The number of hydrogen-bond acceptors (Lipinski definition) is 3. The highest BCUT2D eigenvalue weighted by Crippen LogP contribution is 2.21. The third-order valence-corrected chi connectivity index (χ3v) is 3.48. The molecule has 1 aromatic carbocycles. The van der Waals surface area contributed by atoms with E-state index in [2.05, 4.69) is 14.8 Å². The van der Waals surface area contributed by atoms with Crippen molar-refractivity contribution < 1.29 is 4.79 Å². The largest absolute Gasteiger partial charge is 0.332 e. The van der Waals surface area contributed by atoms with Gasteiger partial charge >= 0.3 is 0 Å². The summed E-state index contributed by atoms with van der Waals surface area (Å²) in [4.78, 5) is 13.3. The molecule has 0 spiro atoms. The minimum atomic E-state index is -0.0582. The van der Waals surface area contributed by atoms with Crippen molar-refractivity contribution in [1.82, 2.24) is 19.7 Å². The van der Waals surface area contributed by atoms with Gasteiger partial charge in [-0.3, -0.25) is 4.79 Å². The summed E-state index contributed by atoms with van der Waals surface area (Å²) in [5.41, 5.74) is 1.04. The minimum Gasteiger partial charge on any atom is -0.332 e. The zero-order valence-electron chi connectivity index (χ0n) is 10.3. The van der Waals surface area contributed by atoms with Gasteiger partial charge in [0.15, 0.2) is 11.6 Å². The number of benzene rings is 1. The smallest absolute Gasteiger partial charge is 0.237 e. The Bertz CT molecular complexity index is 596. The maximum atomic E-state index is 11.6. The number of fused-ring (bicyclic) bond motifs is 1. The topological polar surface area (TPSA) is 51.0 Å². The van der Waals surface area contributed by atoms with Crippen LogP contribution in [0, 0.1) is 0 Å². The molecular weight excluding hydrogens is 264 g/mol. The molecule has 1 amide bonds. The maximum absolute atomic E-state index is 11.6. The van der Waals surface area contributed by atoms with Crippen LogP contribution in [0.2, 0.25) is 0 Å². The zero-order valence-corrected chi connectivity index (χ0v) is 11.0. The fourth-order valence-electron chi connectivity index (χ4n) is 2.26. The van der Waals surface area contributed by atoms with Crippen LogP contribution in [0.3, 0.4) is 0 Å². The predicted octanol–water partition coefficient (Wildman–Crippen LogP) is 1.53. The highest BCUT2D eigenvalue weighted by atomic mass is 35.5. The van der Waals surface area contributed by atoms with Crippen LogP contribution in [-0.2, 0) is 17.9 Å². The molecule has 5 nitrogen and oxygen atoms in total. The van der Waals surface area contributed by atoms with Gasteiger partial charge in [0.05, 0.1) is 6.54 Å². The molecule has 0 fully saturated rings. The van der Waals surface area contributed by atoms with Crippen molar-refractivity contribution in [3.05, 3.63) is 36.2 Å². The summed E-state index contributed by atoms with van der Waals surface area (Å²) < 4.78 is 2.06. The van der Waals surface area contributed by atoms with E-state index in [1.807, 2.05) is 30.3 Å². The molecule has 1 aliphatic heterocycles. The summed E-state index contributed by atoms with van der Waals surface area (Å²) in [5, 5.41) is 8.41. The summed E-state index contributed by atoms with van der Waals surface area (Å²) in [5.74, 6) is 1.62. The van der Waals surface area contributed by atoms with Gasteiger partial charge in [-0.2, -0.15) is 0 Å². The Labute approximate surface area is 115 Å². The van der Waals surface area contributed by atoms with E-state index in [0.29, 0.717) is 19.6 Å². The third kappa shape index (κ3) is 2.21. The van der Waals surface area contributed by atoms with Gasteiger partial charge in [-0.15, -0.1) is 21.8 Å². The number of alkyl halides is 1. The molecule has 0 bridgehead atoms. The quantitative estimate of drug-likeness (QED) is 0.782. The van der Waals surface area contributed by atoms with Crippen LogP contribution < -0.4 is 0 Å². The van der Waals surface area contributed by atoms with Crippen LogP contribution in [-0.4, -0.2) is 38.0 Å². The van der Waals surface area contributed by atoms with Crippen molar-refractivity contribution >= 4 is 17.5 Å². The van der Waals surface area contributed by atoms with Crippen molar-refractivity contribution in [2.75, 3.05) is 12.4 Å². The molecular formula is C13H13ClN4O. The fraction of sp³-hybridized carbons (Fsp3) is 0.308. The molecule has 19 heavy (non-hydrogen) atoms. The van der Waals surface area contributed by atoms with Gasteiger partial charge in [0, 0.05) is 18.7 Å². The molecule has 0 saturated carbocycles. The van der Waals surface area contributed by atoms with Gasteiger partial charge in [-0.25, -0.2) is 0 Å². The van der Waals surface area contributed by atoms with Crippen LogP contribution in [0.5, 0.6) is 0 Å². The second kappa shape index (κ2) is 5.01. The third-order valence-electron chi connectivity index (χ3n) is 3.25. The van der Waals surface area contributed by atoms with Crippen LogP contribution in [0.25, 0.3) is 11.4 Å². The summed E-state index contributed by atoms with van der Waals surface area (Å²) >= 11 is 5.58. The molecule has 0 radical (unpaired) electrons. The second-order valence-corrected chi connectivity index (χ2v) is 4.67. The van der Waals surface area contributed by atoms with Gasteiger partial charge < -0.3 is 9.47 Å². The average Bonchev–Trinajstić information content (AvgIpc) is 2.90.